The van der Waals surface area contributed by atoms with Gasteiger partial charge in [0.2, 0.25) is 0 Å². The molecule has 0 unspecified atom stereocenters. The van der Waals surface area contributed by atoms with Crippen molar-refractivity contribution in [2.45, 2.75) is 12.5 Å². The zero-order valence-electron chi connectivity index (χ0n) is 7.13. The summed E-state index contributed by atoms with van der Waals surface area (Å²) in [5.74, 6) is -0.266. The standard InChI is InChI=1S/C10H11BrFN/c1-2-3-10(13)8-6-7(12)4-5-9(8)11/h2,4-6,10H,1,3,13H2/t10-/m0/s1. The van der Waals surface area contributed by atoms with Gasteiger partial charge in [-0.15, -0.1) is 6.58 Å². The third kappa shape index (κ3) is 2.64. The molecule has 13 heavy (non-hydrogen) atoms. The lowest BCUT2D eigenvalue weighted by atomic mass is 10.0. The first kappa shape index (κ1) is 10.4. The van der Waals surface area contributed by atoms with Gasteiger partial charge in [-0.3, -0.25) is 0 Å². The van der Waals surface area contributed by atoms with Crippen molar-refractivity contribution in [3.63, 3.8) is 0 Å². The molecule has 0 heterocycles. The summed E-state index contributed by atoms with van der Waals surface area (Å²) in [5.41, 5.74) is 6.58. The summed E-state index contributed by atoms with van der Waals surface area (Å²) in [6, 6.07) is 4.31. The molecule has 0 aliphatic heterocycles. The Labute approximate surface area is 85.6 Å². The summed E-state index contributed by atoms with van der Waals surface area (Å²) in [4.78, 5) is 0. The van der Waals surface area contributed by atoms with Crippen LogP contribution in [0.2, 0.25) is 0 Å². The Morgan fingerprint density at radius 1 is 1.62 bits per heavy atom. The number of benzene rings is 1. The highest BCUT2D eigenvalue weighted by molar-refractivity contribution is 9.10. The summed E-state index contributed by atoms with van der Waals surface area (Å²) < 4.78 is 13.7. The highest BCUT2D eigenvalue weighted by Crippen LogP contribution is 2.24. The van der Waals surface area contributed by atoms with Gasteiger partial charge < -0.3 is 5.73 Å². The van der Waals surface area contributed by atoms with Crippen molar-refractivity contribution in [3.05, 3.63) is 46.7 Å². The van der Waals surface area contributed by atoms with E-state index in [-0.39, 0.29) is 11.9 Å². The molecule has 0 aromatic heterocycles. The maximum absolute atomic E-state index is 12.8. The SMILES string of the molecule is C=CC[C@H](N)c1cc(F)ccc1Br. The van der Waals surface area contributed by atoms with Gasteiger partial charge in [0.15, 0.2) is 0 Å². The molecule has 70 valence electrons. The molecular formula is C10H11BrFN. The molecule has 0 spiro atoms. The molecule has 0 aliphatic rings. The second-order valence-electron chi connectivity index (χ2n) is 2.80. The minimum atomic E-state index is -0.266. The summed E-state index contributed by atoms with van der Waals surface area (Å²) in [6.45, 7) is 3.59. The fraction of sp³-hybridized carbons (Fsp3) is 0.200. The van der Waals surface area contributed by atoms with E-state index in [1.807, 2.05) is 0 Å². The number of halogens is 2. The zero-order valence-corrected chi connectivity index (χ0v) is 8.72. The molecule has 1 aromatic rings. The summed E-state index contributed by atoms with van der Waals surface area (Å²) in [7, 11) is 0. The van der Waals surface area contributed by atoms with E-state index in [1.165, 1.54) is 12.1 Å². The minimum absolute atomic E-state index is 0.192. The van der Waals surface area contributed by atoms with Crippen LogP contribution in [0.25, 0.3) is 0 Å². The molecule has 0 saturated carbocycles. The van der Waals surface area contributed by atoms with E-state index in [9.17, 15) is 4.39 Å². The molecule has 1 rings (SSSR count). The largest absolute Gasteiger partial charge is 0.324 e. The van der Waals surface area contributed by atoms with Gasteiger partial charge in [-0.2, -0.15) is 0 Å². The van der Waals surface area contributed by atoms with Crippen LogP contribution in [0.5, 0.6) is 0 Å². The lowest BCUT2D eigenvalue weighted by Gasteiger charge is -2.11. The fourth-order valence-corrected chi connectivity index (χ4v) is 1.65. The Balaban J connectivity index is 2.97. The smallest absolute Gasteiger partial charge is 0.123 e. The van der Waals surface area contributed by atoms with Gasteiger partial charge in [-0.25, -0.2) is 4.39 Å². The summed E-state index contributed by atoms with van der Waals surface area (Å²) >= 11 is 3.32. The molecule has 2 N–H and O–H groups in total. The lowest BCUT2D eigenvalue weighted by molar-refractivity contribution is 0.619. The molecule has 0 amide bonds. The predicted octanol–water partition coefficient (Wildman–Crippen LogP) is 3.16. The minimum Gasteiger partial charge on any atom is -0.324 e. The Morgan fingerprint density at radius 2 is 2.31 bits per heavy atom. The fourth-order valence-electron chi connectivity index (χ4n) is 1.11. The van der Waals surface area contributed by atoms with Crippen LogP contribution in [0, 0.1) is 5.82 Å². The molecule has 0 radical (unpaired) electrons. The van der Waals surface area contributed by atoms with E-state index in [2.05, 4.69) is 22.5 Å². The number of hydrogen-bond acceptors (Lipinski definition) is 1. The van der Waals surface area contributed by atoms with Crippen LogP contribution in [0.1, 0.15) is 18.0 Å². The van der Waals surface area contributed by atoms with Crippen molar-refractivity contribution in [1.82, 2.24) is 0 Å². The highest BCUT2D eigenvalue weighted by Gasteiger charge is 2.08. The van der Waals surface area contributed by atoms with Crippen molar-refractivity contribution in [3.8, 4) is 0 Å². The Hall–Kier alpha value is -0.670. The van der Waals surface area contributed by atoms with Crippen molar-refractivity contribution < 1.29 is 4.39 Å². The molecule has 1 aromatic carbocycles. The Bertz CT molecular complexity index is 312. The van der Waals surface area contributed by atoms with Gasteiger partial charge >= 0.3 is 0 Å². The Morgan fingerprint density at radius 3 is 2.92 bits per heavy atom. The predicted molar refractivity (Wildman–Crippen MR) is 55.8 cm³/mol. The summed E-state index contributed by atoms with van der Waals surface area (Å²) in [6.07, 6.45) is 2.37. The maximum atomic E-state index is 12.8. The van der Waals surface area contributed by atoms with Crippen LogP contribution < -0.4 is 5.73 Å². The molecular weight excluding hydrogens is 233 g/mol. The van der Waals surface area contributed by atoms with E-state index >= 15 is 0 Å². The first-order chi connectivity index (χ1) is 6.15. The van der Waals surface area contributed by atoms with Crippen LogP contribution in [-0.4, -0.2) is 0 Å². The number of hydrogen-bond donors (Lipinski definition) is 1. The van der Waals surface area contributed by atoms with E-state index < -0.39 is 0 Å². The molecule has 0 aliphatic carbocycles. The van der Waals surface area contributed by atoms with Crippen LogP contribution >= 0.6 is 15.9 Å². The van der Waals surface area contributed by atoms with E-state index in [0.29, 0.717) is 6.42 Å². The second kappa shape index (κ2) is 4.53. The monoisotopic (exact) mass is 243 g/mol. The third-order valence-corrected chi connectivity index (χ3v) is 2.50. The second-order valence-corrected chi connectivity index (χ2v) is 3.65. The first-order valence-corrected chi connectivity index (χ1v) is 4.76. The van der Waals surface area contributed by atoms with E-state index in [0.717, 1.165) is 10.0 Å². The van der Waals surface area contributed by atoms with E-state index in [1.54, 1.807) is 12.1 Å². The van der Waals surface area contributed by atoms with Crippen molar-refractivity contribution in [2.24, 2.45) is 5.73 Å². The normalized spacial score (nSPS) is 12.5. The molecule has 0 saturated heterocycles. The van der Waals surface area contributed by atoms with Crippen LogP contribution in [0.3, 0.4) is 0 Å². The topological polar surface area (TPSA) is 26.0 Å². The zero-order chi connectivity index (χ0) is 9.84. The lowest BCUT2D eigenvalue weighted by Crippen LogP contribution is -2.09. The highest BCUT2D eigenvalue weighted by atomic mass is 79.9. The molecule has 3 heteroatoms. The van der Waals surface area contributed by atoms with Crippen LogP contribution in [0.4, 0.5) is 4.39 Å². The maximum Gasteiger partial charge on any atom is 0.123 e. The quantitative estimate of drug-likeness (QED) is 0.812. The van der Waals surface area contributed by atoms with Gasteiger partial charge in [0.05, 0.1) is 0 Å². The van der Waals surface area contributed by atoms with Gasteiger partial charge in [0.25, 0.3) is 0 Å². The van der Waals surface area contributed by atoms with Crippen LogP contribution in [0.15, 0.2) is 35.3 Å². The molecule has 0 bridgehead atoms. The Kier molecular flexibility index (Phi) is 3.63. The number of rotatable bonds is 3. The van der Waals surface area contributed by atoms with Crippen molar-refractivity contribution in [2.75, 3.05) is 0 Å². The molecule has 0 fully saturated rings. The third-order valence-electron chi connectivity index (χ3n) is 1.78. The first-order valence-electron chi connectivity index (χ1n) is 3.96. The van der Waals surface area contributed by atoms with E-state index in [4.69, 9.17) is 5.73 Å². The van der Waals surface area contributed by atoms with Crippen molar-refractivity contribution in [1.29, 1.82) is 0 Å². The van der Waals surface area contributed by atoms with Crippen molar-refractivity contribution >= 4 is 15.9 Å². The molecule has 1 nitrogen and oxygen atoms in total. The van der Waals surface area contributed by atoms with Gasteiger partial charge in [0, 0.05) is 10.5 Å². The van der Waals surface area contributed by atoms with Gasteiger partial charge in [-0.05, 0) is 30.2 Å². The average molecular weight is 244 g/mol. The van der Waals surface area contributed by atoms with Gasteiger partial charge in [-0.1, -0.05) is 22.0 Å². The number of nitrogens with two attached hydrogens (primary N) is 1. The van der Waals surface area contributed by atoms with Gasteiger partial charge in [0.1, 0.15) is 5.82 Å². The van der Waals surface area contributed by atoms with Crippen LogP contribution in [-0.2, 0) is 0 Å². The average Bonchev–Trinajstić information content (AvgIpc) is 2.09. The summed E-state index contributed by atoms with van der Waals surface area (Å²) in [5, 5.41) is 0. The molecule has 1 atom stereocenters.